The Morgan fingerprint density at radius 3 is 2.60 bits per heavy atom. The normalized spacial score (nSPS) is 17.1. The van der Waals surface area contributed by atoms with Gasteiger partial charge in [-0.25, -0.2) is 0 Å². The number of hydrogen-bond acceptors (Lipinski definition) is 3. The van der Waals surface area contributed by atoms with E-state index in [1.807, 2.05) is 13.0 Å². The Hall–Kier alpha value is -1.06. The Balaban J connectivity index is 1.96. The first-order valence-corrected chi connectivity index (χ1v) is 7.67. The van der Waals surface area contributed by atoms with Crippen molar-refractivity contribution in [2.75, 3.05) is 6.61 Å². The molecule has 0 saturated heterocycles. The number of benzene rings is 1. The average Bonchev–Trinajstić information content (AvgIpc) is 2.87. The molecule has 1 aliphatic rings. The van der Waals surface area contributed by atoms with Crippen molar-refractivity contribution >= 4 is 0 Å². The molecule has 0 amide bonds. The lowest BCUT2D eigenvalue weighted by atomic mass is 10.0. The van der Waals surface area contributed by atoms with Gasteiger partial charge in [-0.2, -0.15) is 0 Å². The molecule has 0 aromatic heterocycles. The van der Waals surface area contributed by atoms with Crippen molar-refractivity contribution in [2.24, 2.45) is 0 Å². The van der Waals surface area contributed by atoms with Gasteiger partial charge >= 0.3 is 0 Å². The van der Waals surface area contributed by atoms with Gasteiger partial charge in [-0.3, -0.25) is 0 Å². The van der Waals surface area contributed by atoms with Gasteiger partial charge in [0, 0.05) is 12.1 Å². The summed E-state index contributed by atoms with van der Waals surface area (Å²) in [6.45, 7) is 8.66. The number of aryl methyl sites for hydroxylation is 1. The van der Waals surface area contributed by atoms with Crippen molar-refractivity contribution in [1.29, 1.82) is 0 Å². The maximum absolute atomic E-state index is 10.1. The van der Waals surface area contributed by atoms with Crippen molar-refractivity contribution in [3.8, 4) is 5.75 Å². The highest BCUT2D eigenvalue weighted by Gasteiger charge is 2.20. The fraction of sp³-hybridized carbons (Fsp3) is 0.647. The molecule has 0 heterocycles. The lowest BCUT2D eigenvalue weighted by molar-refractivity contribution is 0.0755. The van der Waals surface area contributed by atoms with Crippen LogP contribution in [0, 0.1) is 6.92 Å². The third kappa shape index (κ3) is 3.53. The van der Waals surface area contributed by atoms with Gasteiger partial charge in [0.2, 0.25) is 0 Å². The lowest BCUT2D eigenvalue weighted by Gasteiger charge is -2.23. The number of rotatable bonds is 6. The van der Waals surface area contributed by atoms with Crippen LogP contribution in [0.1, 0.15) is 43.9 Å². The highest BCUT2D eigenvalue weighted by molar-refractivity contribution is 5.47. The Morgan fingerprint density at radius 1 is 1.20 bits per heavy atom. The van der Waals surface area contributed by atoms with Crippen LogP contribution in [0.15, 0.2) is 12.1 Å². The maximum Gasteiger partial charge on any atom is 0.122 e. The molecule has 3 nitrogen and oxygen atoms in total. The van der Waals surface area contributed by atoms with E-state index in [0.29, 0.717) is 12.6 Å². The monoisotopic (exact) mass is 277 g/mol. The molecule has 0 spiro atoms. The third-order valence-electron chi connectivity index (χ3n) is 4.06. The first-order valence-electron chi connectivity index (χ1n) is 7.67. The molecule has 2 atom stereocenters. The predicted molar refractivity (Wildman–Crippen MR) is 82.4 cm³/mol. The van der Waals surface area contributed by atoms with Crippen molar-refractivity contribution in [2.45, 2.75) is 65.1 Å². The standard InChI is InChI=1S/C17H27NO2/c1-11(2)18-13(4)16(19)10-20-17-9-8-12(3)14-6-5-7-15(14)17/h8-9,11,13,16,18-19H,5-7,10H2,1-4H3/t13-,16+/m0/s1. The van der Waals surface area contributed by atoms with E-state index >= 15 is 0 Å². The number of aliphatic hydroxyl groups is 1. The molecule has 2 rings (SSSR count). The molecule has 0 bridgehead atoms. The minimum absolute atomic E-state index is 0.0356. The molecule has 1 aliphatic carbocycles. The quantitative estimate of drug-likeness (QED) is 0.840. The fourth-order valence-corrected chi connectivity index (χ4v) is 2.94. The van der Waals surface area contributed by atoms with E-state index in [4.69, 9.17) is 4.74 Å². The number of hydrogen-bond donors (Lipinski definition) is 2. The molecule has 112 valence electrons. The average molecular weight is 277 g/mol. The summed E-state index contributed by atoms with van der Waals surface area (Å²) >= 11 is 0. The van der Waals surface area contributed by atoms with Crippen LogP contribution in [0.4, 0.5) is 0 Å². The number of ether oxygens (including phenoxy) is 1. The molecule has 3 heteroatoms. The molecule has 20 heavy (non-hydrogen) atoms. The molecule has 1 aromatic carbocycles. The van der Waals surface area contributed by atoms with Gasteiger partial charge in [0.1, 0.15) is 18.5 Å². The van der Waals surface area contributed by atoms with Gasteiger partial charge in [-0.1, -0.05) is 19.9 Å². The van der Waals surface area contributed by atoms with Gasteiger partial charge in [0.05, 0.1) is 0 Å². The molecule has 0 saturated carbocycles. The van der Waals surface area contributed by atoms with Gasteiger partial charge in [-0.15, -0.1) is 0 Å². The highest BCUT2D eigenvalue weighted by atomic mass is 16.5. The van der Waals surface area contributed by atoms with Crippen LogP contribution in [0.5, 0.6) is 5.75 Å². The SMILES string of the molecule is Cc1ccc(OC[C@@H](O)[C@H](C)NC(C)C)c2c1CCC2. The summed E-state index contributed by atoms with van der Waals surface area (Å²) in [6.07, 6.45) is 2.98. The van der Waals surface area contributed by atoms with E-state index in [9.17, 15) is 5.11 Å². The molecule has 0 unspecified atom stereocenters. The Bertz CT molecular complexity index is 457. The maximum atomic E-state index is 10.1. The van der Waals surface area contributed by atoms with E-state index in [1.54, 1.807) is 0 Å². The van der Waals surface area contributed by atoms with Gasteiger partial charge in [0.15, 0.2) is 0 Å². The number of fused-ring (bicyclic) bond motifs is 1. The first-order chi connectivity index (χ1) is 9.49. The van der Waals surface area contributed by atoms with Gasteiger partial charge < -0.3 is 15.2 Å². The van der Waals surface area contributed by atoms with Crippen LogP contribution in [-0.4, -0.2) is 29.9 Å². The Labute approximate surface area is 122 Å². The van der Waals surface area contributed by atoms with Crippen molar-refractivity contribution in [1.82, 2.24) is 5.32 Å². The number of aliphatic hydroxyl groups excluding tert-OH is 1. The van der Waals surface area contributed by atoms with Crippen LogP contribution >= 0.6 is 0 Å². The third-order valence-corrected chi connectivity index (χ3v) is 4.06. The molecular formula is C17H27NO2. The van der Waals surface area contributed by atoms with E-state index in [-0.39, 0.29) is 6.04 Å². The smallest absolute Gasteiger partial charge is 0.122 e. The fourth-order valence-electron chi connectivity index (χ4n) is 2.94. The van der Waals surface area contributed by atoms with Crippen molar-refractivity contribution < 1.29 is 9.84 Å². The minimum atomic E-state index is -0.490. The van der Waals surface area contributed by atoms with Gasteiger partial charge in [-0.05, 0) is 55.9 Å². The number of nitrogens with one attached hydrogen (secondary N) is 1. The summed E-state index contributed by atoms with van der Waals surface area (Å²) in [5, 5.41) is 13.5. The summed E-state index contributed by atoms with van der Waals surface area (Å²) in [6, 6.07) is 4.57. The van der Waals surface area contributed by atoms with E-state index in [2.05, 4.69) is 32.2 Å². The van der Waals surface area contributed by atoms with Crippen LogP contribution in [0.2, 0.25) is 0 Å². The Morgan fingerprint density at radius 2 is 1.90 bits per heavy atom. The molecule has 0 radical (unpaired) electrons. The zero-order chi connectivity index (χ0) is 14.7. The summed E-state index contributed by atoms with van der Waals surface area (Å²) < 4.78 is 5.88. The molecule has 0 aliphatic heterocycles. The molecular weight excluding hydrogens is 250 g/mol. The molecule has 2 N–H and O–H groups in total. The van der Waals surface area contributed by atoms with E-state index in [0.717, 1.165) is 18.6 Å². The Kier molecular flexibility index (Phi) is 5.06. The zero-order valence-corrected chi connectivity index (χ0v) is 13.1. The van der Waals surface area contributed by atoms with Crippen LogP contribution < -0.4 is 10.1 Å². The molecule has 0 fully saturated rings. The predicted octanol–water partition coefficient (Wildman–Crippen LogP) is 2.61. The van der Waals surface area contributed by atoms with E-state index in [1.165, 1.54) is 23.1 Å². The van der Waals surface area contributed by atoms with Crippen LogP contribution in [0.25, 0.3) is 0 Å². The summed E-state index contributed by atoms with van der Waals surface area (Å²) in [4.78, 5) is 0. The largest absolute Gasteiger partial charge is 0.491 e. The topological polar surface area (TPSA) is 41.5 Å². The van der Waals surface area contributed by atoms with Crippen molar-refractivity contribution in [3.05, 3.63) is 28.8 Å². The first kappa shape index (κ1) is 15.3. The summed E-state index contributed by atoms with van der Waals surface area (Å²) in [5.74, 6) is 0.957. The second-order valence-corrected chi connectivity index (χ2v) is 6.18. The second kappa shape index (κ2) is 6.59. The zero-order valence-electron chi connectivity index (χ0n) is 13.1. The van der Waals surface area contributed by atoms with Crippen molar-refractivity contribution in [3.63, 3.8) is 0 Å². The highest BCUT2D eigenvalue weighted by Crippen LogP contribution is 2.33. The summed E-state index contributed by atoms with van der Waals surface area (Å²) in [5.41, 5.74) is 4.16. The lowest BCUT2D eigenvalue weighted by Crippen LogP contribution is -2.43. The van der Waals surface area contributed by atoms with E-state index < -0.39 is 6.10 Å². The molecule has 1 aromatic rings. The van der Waals surface area contributed by atoms with Crippen LogP contribution in [0.3, 0.4) is 0 Å². The van der Waals surface area contributed by atoms with Crippen LogP contribution in [-0.2, 0) is 12.8 Å². The second-order valence-electron chi connectivity index (χ2n) is 6.18. The summed E-state index contributed by atoms with van der Waals surface area (Å²) in [7, 11) is 0. The van der Waals surface area contributed by atoms with Gasteiger partial charge in [0.25, 0.3) is 0 Å². The minimum Gasteiger partial charge on any atom is -0.491 e.